The first-order valence-electron chi connectivity index (χ1n) is 27.1. The van der Waals surface area contributed by atoms with Gasteiger partial charge in [-0.15, -0.1) is 0 Å². The molecule has 1 atom stereocenters. The highest BCUT2D eigenvalue weighted by atomic mass is 16.6. The van der Waals surface area contributed by atoms with E-state index in [9.17, 15) is 14.4 Å². The lowest BCUT2D eigenvalue weighted by atomic mass is 10.1. The summed E-state index contributed by atoms with van der Waals surface area (Å²) in [6, 6.07) is 0. The van der Waals surface area contributed by atoms with Crippen LogP contribution in [0.1, 0.15) is 226 Å². The van der Waals surface area contributed by atoms with E-state index in [1.807, 2.05) is 0 Å². The molecule has 0 amide bonds. The summed E-state index contributed by atoms with van der Waals surface area (Å²) in [6.45, 7) is 6.36. The first kappa shape index (κ1) is 62.8. The van der Waals surface area contributed by atoms with Crippen LogP contribution in [0.25, 0.3) is 0 Å². The first-order valence-corrected chi connectivity index (χ1v) is 27.1. The zero-order valence-electron chi connectivity index (χ0n) is 43.1. The highest BCUT2D eigenvalue weighted by molar-refractivity contribution is 5.71. The van der Waals surface area contributed by atoms with Gasteiger partial charge in [-0.2, -0.15) is 0 Å². The molecule has 0 aromatic carbocycles. The van der Waals surface area contributed by atoms with Gasteiger partial charge in [-0.1, -0.05) is 219 Å². The molecule has 378 valence electrons. The number of unbranched alkanes of at least 4 members (excludes halogenated alkanes) is 18. The van der Waals surface area contributed by atoms with Crippen molar-refractivity contribution in [1.29, 1.82) is 0 Å². The molecular formula is C61H98O6. The highest BCUT2D eigenvalue weighted by Gasteiger charge is 2.19. The van der Waals surface area contributed by atoms with Gasteiger partial charge in [-0.25, -0.2) is 0 Å². The molecule has 0 aromatic heterocycles. The Labute approximate surface area is 412 Å². The average Bonchev–Trinajstić information content (AvgIpc) is 3.33. The maximum absolute atomic E-state index is 12.8. The van der Waals surface area contributed by atoms with Gasteiger partial charge >= 0.3 is 17.9 Å². The number of allylic oxidation sites excluding steroid dienone is 20. The standard InChI is InChI=1S/C61H98O6/c1-4-7-10-13-16-19-22-25-28-30-33-36-39-42-45-48-51-54-60(63)66-57-58(56-65-59(62)53-50-47-44-41-38-35-32-27-24-21-18-15-12-9-6-3)67-61(64)55-52-49-46-43-40-37-34-31-29-26-23-20-17-14-11-8-5-2/h9,12,15-16,18-19,21,24-26,28-29,33-34,36-37,42-43,45-46,58H,4-8,10-11,13-14,17,20,22-23,27,30-32,35,38-41,44,47-57H2,1-3H3/b12-9-,18-15-,19-16-,24-21-,28-25-,29-26-,36-33-,37-34-,45-42-,46-43-. The molecule has 0 aromatic rings. The van der Waals surface area contributed by atoms with Crippen LogP contribution in [0.15, 0.2) is 122 Å². The lowest BCUT2D eigenvalue weighted by Crippen LogP contribution is -2.30. The Hall–Kier alpha value is -4.19. The largest absolute Gasteiger partial charge is 0.462 e. The van der Waals surface area contributed by atoms with Crippen LogP contribution in [0.3, 0.4) is 0 Å². The normalized spacial score (nSPS) is 13.1. The van der Waals surface area contributed by atoms with Crippen LogP contribution < -0.4 is 0 Å². The summed E-state index contributed by atoms with van der Waals surface area (Å²) in [5.74, 6) is -1.05. The maximum atomic E-state index is 12.8. The Morgan fingerprint density at radius 1 is 0.328 bits per heavy atom. The molecule has 0 rings (SSSR count). The molecule has 1 unspecified atom stereocenters. The van der Waals surface area contributed by atoms with Crippen LogP contribution >= 0.6 is 0 Å². The van der Waals surface area contributed by atoms with Crippen molar-refractivity contribution in [2.75, 3.05) is 13.2 Å². The van der Waals surface area contributed by atoms with Gasteiger partial charge in [0.05, 0.1) is 0 Å². The van der Waals surface area contributed by atoms with E-state index in [0.717, 1.165) is 83.5 Å². The monoisotopic (exact) mass is 927 g/mol. The summed E-state index contributed by atoms with van der Waals surface area (Å²) in [4.78, 5) is 38.0. The van der Waals surface area contributed by atoms with Crippen molar-refractivity contribution in [2.24, 2.45) is 0 Å². The molecule has 0 N–H and O–H groups in total. The summed E-state index contributed by atoms with van der Waals surface area (Å²) < 4.78 is 16.7. The molecule has 0 aliphatic carbocycles. The molecule has 0 saturated carbocycles. The van der Waals surface area contributed by atoms with Gasteiger partial charge in [0, 0.05) is 19.3 Å². The topological polar surface area (TPSA) is 78.9 Å². The van der Waals surface area contributed by atoms with Crippen molar-refractivity contribution in [2.45, 2.75) is 232 Å². The predicted molar refractivity (Wildman–Crippen MR) is 288 cm³/mol. The van der Waals surface area contributed by atoms with Crippen LogP contribution in [-0.4, -0.2) is 37.2 Å². The number of hydrogen-bond acceptors (Lipinski definition) is 6. The van der Waals surface area contributed by atoms with Crippen molar-refractivity contribution in [3.05, 3.63) is 122 Å². The van der Waals surface area contributed by atoms with Crippen LogP contribution in [0.2, 0.25) is 0 Å². The Balaban J connectivity index is 4.59. The summed E-state index contributed by atoms with van der Waals surface area (Å²) in [7, 11) is 0. The van der Waals surface area contributed by atoms with E-state index in [0.29, 0.717) is 19.3 Å². The Morgan fingerprint density at radius 2 is 0.657 bits per heavy atom. The number of ether oxygens (including phenoxy) is 3. The summed E-state index contributed by atoms with van der Waals surface area (Å²) in [6.07, 6.45) is 74.8. The first-order chi connectivity index (χ1) is 33.0. The third-order valence-electron chi connectivity index (χ3n) is 11.0. The number of hydrogen-bond donors (Lipinski definition) is 0. The van der Waals surface area contributed by atoms with Gasteiger partial charge in [0.1, 0.15) is 13.2 Å². The van der Waals surface area contributed by atoms with Gasteiger partial charge in [0.25, 0.3) is 0 Å². The van der Waals surface area contributed by atoms with E-state index in [1.54, 1.807) is 0 Å². The third-order valence-corrected chi connectivity index (χ3v) is 11.0. The Kier molecular flexibility index (Phi) is 51.0. The number of esters is 3. The molecular weight excluding hydrogens is 829 g/mol. The molecule has 0 aliphatic heterocycles. The summed E-state index contributed by atoms with van der Waals surface area (Å²) in [5.41, 5.74) is 0. The second-order valence-corrected chi connectivity index (χ2v) is 17.5. The minimum atomic E-state index is -0.835. The Morgan fingerprint density at radius 3 is 1.12 bits per heavy atom. The lowest BCUT2D eigenvalue weighted by molar-refractivity contribution is -0.167. The van der Waals surface area contributed by atoms with Crippen molar-refractivity contribution < 1.29 is 28.6 Å². The molecule has 0 fully saturated rings. The minimum Gasteiger partial charge on any atom is -0.462 e. The molecule has 0 spiro atoms. The predicted octanol–water partition coefficient (Wildman–Crippen LogP) is 18.1. The SMILES string of the molecule is CC\C=C/C=C\C=C/CCCCCCCCCC(=O)OCC(COC(=O)CCC/C=C\C/C=C\C/C=C\C/C=C\CCCCC)OC(=O)CCC/C=C\C/C=C\C/C=C\CCCCCCCC. The quantitative estimate of drug-likeness (QED) is 0.0199. The smallest absolute Gasteiger partial charge is 0.306 e. The van der Waals surface area contributed by atoms with Crippen LogP contribution in [0.4, 0.5) is 0 Å². The molecule has 0 bridgehead atoms. The van der Waals surface area contributed by atoms with E-state index in [1.165, 1.54) is 89.9 Å². The number of carbonyl (C=O) groups is 3. The average molecular weight is 927 g/mol. The highest BCUT2D eigenvalue weighted by Crippen LogP contribution is 2.12. The molecule has 0 aliphatic rings. The van der Waals surface area contributed by atoms with E-state index in [-0.39, 0.29) is 44.0 Å². The zero-order chi connectivity index (χ0) is 48.6. The van der Waals surface area contributed by atoms with Gasteiger partial charge < -0.3 is 14.2 Å². The fourth-order valence-corrected chi connectivity index (χ4v) is 6.92. The maximum Gasteiger partial charge on any atom is 0.306 e. The van der Waals surface area contributed by atoms with E-state index in [4.69, 9.17) is 14.2 Å². The number of rotatable bonds is 47. The summed E-state index contributed by atoms with van der Waals surface area (Å²) in [5, 5.41) is 0. The fraction of sp³-hybridized carbons (Fsp3) is 0.623. The number of carbonyl (C=O) groups excluding carboxylic acids is 3. The molecule has 67 heavy (non-hydrogen) atoms. The van der Waals surface area contributed by atoms with Crippen molar-refractivity contribution in [3.8, 4) is 0 Å². The second-order valence-electron chi connectivity index (χ2n) is 17.5. The van der Waals surface area contributed by atoms with Crippen LogP contribution in [0.5, 0.6) is 0 Å². The van der Waals surface area contributed by atoms with Gasteiger partial charge in [-0.3, -0.25) is 14.4 Å². The molecule has 6 heteroatoms. The van der Waals surface area contributed by atoms with E-state index < -0.39 is 6.10 Å². The zero-order valence-corrected chi connectivity index (χ0v) is 43.1. The van der Waals surface area contributed by atoms with Gasteiger partial charge in [0.2, 0.25) is 0 Å². The van der Waals surface area contributed by atoms with E-state index in [2.05, 4.69) is 142 Å². The third kappa shape index (κ3) is 52.6. The summed E-state index contributed by atoms with van der Waals surface area (Å²) >= 11 is 0. The van der Waals surface area contributed by atoms with Crippen molar-refractivity contribution in [1.82, 2.24) is 0 Å². The molecule has 0 saturated heterocycles. The Bertz CT molecular complexity index is 1440. The molecule has 0 heterocycles. The van der Waals surface area contributed by atoms with Crippen LogP contribution in [-0.2, 0) is 28.6 Å². The van der Waals surface area contributed by atoms with Gasteiger partial charge in [0.15, 0.2) is 6.10 Å². The lowest BCUT2D eigenvalue weighted by Gasteiger charge is -2.18. The van der Waals surface area contributed by atoms with E-state index >= 15 is 0 Å². The molecule has 6 nitrogen and oxygen atoms in total. The van der Waals surface area contributed by atoms with Crippen molar-refractivity contribution >= 4 is 17.9 Å². The molecule has 0 radical (unpaired) electrons. The van der Waals surface area contributed by atoms with Crippen LogP contribution in [0, 0.1) is 0 Å². The minimum absolute atomic E-state index is 0.125. The fourth-order valence-electron chi connectivity index (χ4n) is 6.92. The van der Waals surface area contributed by atoms with Gasteiger partial charge in [-0.05, 0) is 109 Å². The van der Waals surface area contributed by atoms with Crippen molar-refractivity contribution in [3.63, 3.8) is 0 Å². The second kappa shape index (κ2) is 54.4.